The molecule has 2 aromatic heterocycles. The van der Waals surface area contributed by atoms with E-state index >= 15 is 0 Å². The Bertz CT molecular complexity index is 1130. The Morgan fingerprint density at radius 1 is 1.24 bits per heavy atom. The predicted molar refractivity (Wildman–Crippen MR) is 132 cm³/mol. The van der Waals surface area contributed by atoms with Crippen LogP contribution in [-0.4, -0.2) is 63.3 Å². The molecule has 3 aromatic rings. The van der Waals surface area contributed by atoms with E-state index in [9.17, 15) is 9.18 Å². The van der Waals surface area contributed by atoms with Crippen LogP contribution in [0, 0.1) is 5.82 Å². The van der Waals surface area contributed by atoms with Crippen LogP contribution in [0.25, 0.3) is 16.2 Å². The molecule has 0 unspecified atom stereocenters. The van der Waals surface area contributed by atoms with E-state index < -0.39 is 0 Å². The van der Waals surface area contributed by atoms with Gasteiger partial charge < -0.3 is 20.4 Å². The Morgan fingerprint density at radius 3 is 2.61 bits per heavy atom. The monoisotopic (exact) mass is 473 g/mol. The van der Waals surface area contributed by atoms with Crippen molar-refractivity contribution in [2.45, 2.75) is 52.6 Å². The van der Waals surface area contributed by atoms with E-state index in [0.29, 0.717) is 37.4 Å². The molecule has 8 nitrogen and oxygen atoms in total. The van der Waals surface area contributed by atoms with Crippen LogP contribution in [0.1, 0.15) is 41.0 Å². The molecule has 178 valence electrons. The van der Waals surface area contributed by atoms with Gasteiger partial charge in [0.15, 0.2) is 5.82 Å². The molecule has 1 aromatic carbocycles. The van der Waals surface area contributed by atoms with Gasteiger partial charge in [-0.05, 0) is 46.2 Å². The fourth-order valence-corrected chi connectivity index (χ4v) is 4.63. The highest BCUT2D eigenvalue weighted by atomic mass is 32.1. The van der Waals surface area contributed by atoms with Gasteiger partial charge in [0.25, 0.3) is 0 Å². The second-order valence-corrected chi connectivity index (χ2v) is 10.4. The summed E-state index contributed by atoms with van der Waals surface area (Å²) in [4.78, 5) is 22.0. The van der Waals surface area contributed by atoms with E-state index in [2.05, 4.69) is 43.2 Å². The van der Waals surface area contributed by atoms with Gasteiger partial charge in [-0.3, -0.25) is 0 Å². The first-order valence-electron chi connectivity index (χ1n) is 11.4. The molecule has 1 atom stereocenters. The summed E-state index contributed by atoms with van der Waals surface area (Å²) in [6, 6.07) is 6.63. The fourth-order valence-electron chi connectivity index (χ4n) is 3.68. The van der Waals surface area contributed by atoms with Gasteiger partial charge in [-0.15, -0.1) is 5.10 Å². The number of rotatable bonds is 5. The molecule has 4 rings (SSSR count). The Balaban J connectivity index is 1.57. The van der Waals surface area contributed by atoms with Crippen molar-refractivity contribution in [3.63, 3.8) is 0 Å². The van der Waals surface area contributed by atoms with E-state index in [1.165, 1.54) is 23.5 Å². The van der Waals surface area contributed by atoms with E-state index in [1.54, 1.807) is 6.07 Å². The largest absolute Gasteiger partial charge is 0.364 e. The zero-order valence-corrected chi connectivity index (χ0v) is 20.7. The smallest absolute Gasteiger partial charge is 0.317 e. The molecule has 2 N–H and O–H groups in total. The van der Waals surface area contributed by atoms with Gasteiger partial charge in [0, 0.05) is 43.3 Å². The van der Waals surface area contributed by atoms with E-state index in [1.807, 2.05) is 22.4 Å². The van der Waals surface area contributed by atoms with Crippen molar-refractivity contribution in [2.24, 2.45) is 0 Å². The lowest BCUT2D eigenvalue weighted by atomic mass is 10.1. The third-order valence-electron chi connectivity index (χ3n) is 5.60. The molecular weight excluding hydrogens is 441 g/mol. The third kappa shape index (κ3) is 5.21. The van der Waals surface area contributed by atoms with E-state index in [-0.39, 0.29) is 23.4 Å². The van der Waals surface area contributed by atoms with Gasteiger partial charge in [0.1, 0.15) is 11.5 Å². The molecule has 2 amide bonds. The number of nitrogens with one attached hydrogen (secondary N) is 2. The van der Waals surface area contributed by atoms with Crippen LogP contribution >= 0.6 is 11.3 Å². The van der Waals surface area contributed by atoms with Gasteiger partial charge in [-0.1, -0.05) is 30.4 Å². The highest BCUT2D eigenvalue weighted by molar-refractivity contribution is 7.20. The molecule has 3 heterocycles. The number of piperazine rings is 1. The number of carbonyl (C=O) groups is 1. The number of fused-ring (bicyclic) bond motifs is 1. The summed E-state index contributed by atoms with van der Waals surface area (Å²) in [6.07, 6.45) is 0.910. The molecule has 1 aliphatic rings. The minimum Gasteiger partial charge on any atom is -0.364 e. The number of halogens is 1. The van der Waals surface area contributed by atoms with E-state index in [4.69, 9.17) is 10.1 Å². The lowest BCUT2D eigenvalue weighted by Crippen LogP contribution is -2.53. The molecule has 10 heteroatoms. The lowest BCUT2D eigenvalue weighted by molar-refractivity contribution is 0.190. The van der Waals surface area contributed by atoms with Crippen LogP contribution in [-0.2, 0) is 0 Å². The second-order valence-electron chi connectivity index (χ2n) is 9.51. The zero-order valence-electron chi connectivity index (χ0n) is 19.9. The van der Waals surface area contributed by atoms with Crippen molar-refractivity contribution < 1.29 is 9.18 Å². The summed E-state index contributed by atoms with van der Waals surface area (Å²) < 4.78 is 15.7. The Labute approximate surface area is 197 Å². The number of urea groups is 1. The van der Waals surface area contributed by atoms with Crippen molar-refractivity contribution in [2.75, 3.05) is 36.4 Å². The number of nitrogens with zero attached hydrogens (tertiary/aromatic N) is 5. The van der Waals surface area contributed by atoms with Crippen LogP contribution in [0.4, 0.5) is 20.1 Å². The molecule has 1 fully saturated rings. The molecule has 1 saturated heterocycles. The molecule has 1 aliphatic heterocycles. The summed E-state index contributed by atoms with van der Waals surface area (Å²) in [5.41, 5.74) is 1.17. The normalized spacial score (nSPS) is 15.7. The van der Waals surface area contributed by atoms with Crippen LogP contribution in [0.5, 0.6) is 0 Å². The van der Waals surface area contributed by atoms with Crippen molar-refractivity contribution in [3.8, 4) is 11.3 Å². The predicted octanol–water partition coefficient (Wildman–Crippen LogP) is 4.44. The molecule has 0 saturated carbocycles. The summed E-state index contributed by atoms with van der Waals surface area (Å²) in [5, 5.41) is 12.2. The average molecular weight is 474 g/mol. The van der Waals surface area contributed by atoms with Gasteiger partial charge in [0.05, 0.1) is 0 Å². The van der Waals surface area contributed by atoms with Crippen LogP contribution in [0.3, 0.4) is 0 Å². The maximum Gasteiger partial charge on any atom is 0.317 e. The number of aromatic nitrogens is 3. The topological polar surface area (TPSA) is 77.8 Å². The number of carbonyl (C=O) groups excluding carboxylic acids is 1. The lowest BCUT2D eigenvalue weighted by Gasteiger charge is -2.34. The molecular formula is C23H32FN7OS. The van der Waals surface area contributed by atoms with Gasteiger partial charge in [-0.25, -0.2) is 14.2 Å². The van der Waals surface area contributed by atoms with Crippen molar-refractivity contribution >= 4 is 33.3 Å². The van der Waals surface area contributed by atoms with Crippen molar-refractivity contribution in [1.82, 2.24) is 24.8 Å². The molecule has 0 bridgehead atoms. The maximum absolute atomic E-state index is 13.9. The van der Waals surface area contributed by atoms with Gasteiger partial charge in [0.2, 0.25) is 10.1 Å². The van der Waals surface area contributed by atoms with Crippen LogP contribution in [0.15, 0.2) is 24.3 Å². The number of imidazole rings is 1. The summed E-state index contributed by atoms with van der Waals surface area (Å²) in [6.45, 7) is 13.0. The number of amides is 2. The molecule has 33 heavy (non-hydrogen) atoms. The zero-order chi connectivity index (χ0) is 23.8. The van der Waals surface area contributed by atoms with Crippen LogP contribution in [0.2, 0.25) is 0 Å². The van der Waals surface area contributed by atoms with E-state index in [0.717, 1.165) is 22.3 Å². The summed E-state index contributed by atoms with van der Waals surface area (Å²) >= 11 is 1.50. The number of benzene rings is 1. The Hall–Kier alpha value is -2.88. The first-order valence-corrected chi connectivity index (χ1v) is 12.2. The number of anilines is 2. The number of hydrogen-bond donors (Lipinski definition) is 2. The molecule has 0 radical (unpaired) electrons. The van der Waals surface area contributed by atoms with Crippen LogP contribution < -0.4 is 15.5 Å². The highest BCUT2D eigenvalue weighted by Gasteiger charge is 2.27. The molecule has 0 aliphatic carbocycles. The van der Waals surface area contributed by atoms with Gasteiger partial charge >= 0.3 is 6.03 Å². The first kappa shape index (κ1) is 23.3. The maximum atomic E-state index is 13.9. The minimum absolute atomic E-state index is 0.00524. The van der Waals surface area contributed by atoms with Crippen molar-refractivity contribution in [3.05, 3.63) is 30.1 Å². The summed E-state index contributed by atoms with van der Waals surface area (Å²) in [5.74, 6) is 0.451. The highest BCUT2D eigenvalue weighted by Crippen LogP contribution is 2.35. The first-order chi connectivity index (χ1) is 15.6. The SMILES string of the molecule is CC[C@H](C)NC(=O)N1CCN(c2nn3c(NC(C)(C)C)c(-c4cccc(F)c4)nc3s2)CC1. The van der Waals surface area contributed by atoms with Crippen molar-refractivity contribution in [1.29, 1.82) is 0 Å². The van der Waals surface area contributed by atoms with Gasteiger partial charge in [-0.2, -0.15) is 4.52 Å². The third-order valence-corrected chi connectivity index (χ3v) is 6.57. The summed E-state index contributed by atoms with van der Waals surface area (Å²) in [7, 11) is 0. The minimum atomic E-state index is -0.297. The average Bonchev–Trinajstić information content (AvgIpc) is 3.32. The molecule has 0 spiro atoms. The second kappa shape index (κ2) is 9.17. The standard InChI is InChI=1S/C23H32FN7OS/c1-6-15(2)25-20(32)29-10-12-30(13-11-29)22-28-31-19(27-23(3,4)5)18(26-21(31)33-22)16-8-7-9-17(24)14-16/h7-9,14-15,27H,6,10-13H2,1-5H3,(H,25,32)/t15-/m0/s1. The number of hydrogen-bond acceptors (Lipinski definition) is 6. The fraction of sp³-hybridized carbons (Fsp3) is 0.522. The quantitative estimate of drug-likeness (QED) is 0.573. The Kier molecular flexibility index (Phi) is 6.47. The Morgan fingerprint density at radius 2 is 1.97 bits per heavy atom.